The number of amides is 1. The van der Waals surface area contributed by atoms with E-state index in [-0.39, 0.29) is 29.7 Å². The molecule has 1 amide bonds. The highest BCUT2D eigenvalue weighted by Gasteiger charge is 2.44. The smallest absolute Gasteiger partial charge is 0.475 e. The zero-order valence-electron chi connectivity index (χ0n) is 25.3. The zero-order valence-corrected chi connectivity index (χ0v) is 26.0. The number of aromatic nitrogens is 3. The van der Waals surface area contributed by atoms with Crippen LogP contribution in [0.4, 0.5) is 22.0 Å². The maximum Gasteiger partial charge on any atom is 0.490 e. The Labute approximate surface area is 262 Å². The van der Waals surface area contributed by atoms with Gasteiger partial charge in [0.15, 0.2) is 0 Å². The second-order valence-corrected chi connectivity index (χ2v) is 12.1. The summed E-state index contributed by atoms with van der Waals surface area (Å²) in [5, 5.41) is 12.5. The Balaban J connectivity index is 0.000000591. The quantitative estimate of drug-likeness (QED) is 0.326. The highest BCUT2D eigenvalue weighted by Crippen LogP contribution is 2.44. The molecule has 5 rings (SSSR count). The van der Waals surface area contributed by atoms with Crippen molar-refractivity contribution in [1.29, 1.82) is 0 Å². The summed E-state index contributed by atoms with van der Waals surface area (Å²) in [6, 6.07) is 9.71. The topological polar surface area (TPSA) is 91.6 Å². The molecule has 2 fully saturated rings. The van der Waals surface area contributed by atoms with Gasteiger partial charge in [0.1, 0.15) is 23.3 Å². The molecule has 244 valence electrons. The van der Waals surface area contributed by atoms with Crippen LogP contribution in [0, 0.1) is 31.4 Å². The third-order valence-corrected chi connectivity index (χ3v) is 8.91. The molecule has 2 heterocycles. The second kappa shape index (κ2) is 13.8. The van der Waals surface area contributed by atoms with Crippen LogP contribution in [0.3, 0.4) is 0 Å². The molecule has 1 aromatic heterocycles. The summed E-state index contributed by atoms with van der Waals surface area (Å²) in [6.07, 6.45) is -2.20. The van der Waals surface area contributed by atoms with Crippen molar-refractivity contribution >= 4 is 23.5 Å². The Bertz CT molecular complexity index is 1540. The number of halogens is 6. The first-order valence-corrected chi connectivity index (χ1v) is 14.8. The summed E-state index contributed by atoms with van der Waals surface area (Å²) in [5.41, 5.74) is 2.33. The van der Waals surface area contributed by atoms with Crippen molar-refractivity contribution in [2.45, 2.75) is 63.6 Å². The number of hydrogen-bond donors (Lipinski definition) is 1. The van der Waals surface area contributed by atoms with Crippen molar-refractivity contribution in [3.63, 3.8) is 0 Å². The van der Waals surface area contributed by atoms with Crippen LogP contribution in [0.2, 0.25) is 5.02 Å². The van der Waals surface area contributed by atoms with E-state index >= 15 is 0 Å². The van der Waals surface area contributed by atoms with Crippen molar-refractivity contribution in [3.8, 4) is 5.69 Å². The van der Waals surface area contributed by atoms with Gasteiger partial charge in [0.25, 0.3) is 0 Å². The lowest BCUT2D eigenvalue weighted by molar-refractivity contribution is -0.192. The number of hydrogen-bond acceptors (Lipinski definition) is 5. The second-order valence-electron chi connectivity index (χ2n) is 11.7. The van der Waals surface area contributed by atoms with Crippen molar-refractivity contribution in [2.24, 2.45) is 5.92 Å². The zero-order chi connectivity index (χ0) is 33.2. The molecule has 1 saturated heterocycles. The number of nitrogens with zero attached hydrogens (tertiary/aromatic N) is 5. The van der Waals surface area contributed by atoms with Gasteiger partial charge in [-0.25, -0.2) is 23.2 Å². The Morgan fingerprint density at radius 2 is 1.67 bits per heavy atom. The van der Waals surface area contributed by atoms with Crippen LogP contribution < -0.4 is 0 Å². The van der Waals surface area contributed by atoms with Gasteiger partial charge in [0.2, 0.25) is 5.91 Å². The standard InChI is InChI=1S/C29H34ClF2N5O.C2HF3O2/c1-17-13-21(6-8-26(17)30)37-28(33-18(2)34-37)19-9-11-36(12-10-19)29(38)25-16-22(35(3)4)15-24(25)23-7-5-20(31)14-27(23)32;3-2(4,5)1(6)7/h5-8,13-14,19,22,24-25H,9-12,15-16H2,1-4H3;(H,6,7)/t22-,24-,25+;/m0./s1. The fourth-order valence-electron chi connectivity index (χ4n) is 6.09. The lowest BCUT2D eigenvalue weighted by Gasteiger charge is -2.34. The van der Waals surface area contributed by atoms with Crippen LogP contribution >= 0.6 is 11.6 Å². The van der Waals surface area contributed by atoms with E-state index in [4.69, 9.17) is 26.5 Å². The summed E-state index contributed by atoms with van der Waals surface area (Å²) < 4.78 is 62.0. The summed E-state index contributed by atoms with van der Waals surface area (Å²) in [5.74, 6) is -2.70. The van der Waals surface area contributed by atoms with Crippen LogP contribution in [0.25, 0.3) is 5.69 Å². The van der Waals surface area contributed by atoms with E-state index in [1.165, 1.54) is 12.1 Å². The van der Waals surface area contributed by atoms with Crippen molar-refractivity contribution < 1.29 is 36.6 Å². The molecular formula is C31H35ClF5N5O3. The number of aryl methyl sites for hydroxylation is 2. The van der Waals surface area contributed by atoms with Gasteiger partial charge in [-0.05, 0) is 94.9 Å². The number of alkyl halides is 3. The third-order valence-electron chi connectivity index (χ3n) is 8.49. The minimum atomic E-state index is -5.08. The van der Waals surface area contributed by atoms with Crippen LogP contribution in [0.15, 0.2) is 36.4 Å². The summed E-state index contributed by atoms with van der Waals surface area (Å²) in [4.78, 5) is 31.5. The average molecular weight is 656 g/mol. The Hall–Kier alpha value is -3.58. The fourth-order valence-corrected chi connectivity index (χ4v) is 6.21. The maximum absolute atomic E-state index is 14.8. The largest absolute Gasteiger partial charge is 0.490 e. The van der Waals surface area contributed by atoms with E-state index in [1.807, 2.05) is 55.7 Å². The van der Waals surface area contributed by atoms with Crippen molar-refractivity contribution in [1.82, 2.24) is 24.6 Å². The molecule has 45 heavy (non-hydrogen) atoms. The summed E-state index contributed by atoms with van der Waals surface area (Å²) in [7, 11) is 3.98. The molecule has 0 spiro atoms. The van der Waals surface area contributed by atoms with Crippen LogP contribution in [0.1, 0.15) is 60.3 Å². The molecule has 1 aliphatic heterocycles. The van der Waals surface area contributed by atoms with Crippen molar-refractivity contribution in [3.05, 3.63) is 75.8 Å². The molecule has 0 radical (unpaired) electrons. The van der Waals surface area contributed by atoms with Gasteiger partial charge in [-0.15, -0.1) is 0 Å². The fraction of sp³-hybridized carbons (Fsp3) is 0.484. The highest BCUT2D eigenvalue weighted by molar-refractivity contribution is 6.31. The molecule has 1 saturated carbocycles. The van der Waals surface area contributed by atoms with Gasteiger partial charge in [-0.2, -0.15) is 18.3 Å². The molecule has 1 N–H and O–H groups in total. The first kappa shape index (κ1) is 34.3. The van der Waals surface area contributed by atoms with E-state index in [2.05, 4.69) is 10.00 Å². The van der Waals surface area contributed by atoms with E-state index in [1.54, 1.807) is 0 Å². The number of carbonyl (C=O) groups excluding carboxylic acids is 1. The Morgan fingerprint density at radius 3 is 2.22 bits per heavy atom. The Morgan fingerprint density at radius 1 is 1.02 bits per heavy atom. The number of carboxylic acid groups (broad SMARTS) is 1. The van der Waals surface area contributed by atoms with Gasteiger partial charge in [-0.3, -0.25) is 4.79 Å². The van der Waals surface area contributed by atoms with Crippen LogP contribution in [-0.4, -0.2) is 81.0 Å². The maximum atomic E-state index is 14.8. The number of benzene rings is 2. The molecular weight excluding hydrogens is 621 g/mol. The predicted molar refractivity (Wildman–Crippen MR) is 157 cm³/mol. The molecule has 0 bridgehead atoms. The lowest BCUT2D eigenvalue weighted by atomic mass is 9.86. The van der Waals surface area contributed by atoms with E-state index in [0.717, 1.165) is 36.0 Å². The van der Waals surface area contributed by atoms with E-state index < -0.39 is 23.8 Å². The lowest BCUT2D eigenvalue weighted by Crippen LogP contribution is -2.42. The number of carbonyl (C=O) groups is 2. The number of carboxylic acids is 1. The summed E-state index contributed by atoms with van der Waals surface area (Å²) in [6.45, 7) is 5.07. The molecule has 0 unspecified atom stereocenters. The predicted octanol–water partition coefficient (Wildman–Crippen LogP) is 6.28. The van der Waals surface area contributed by atoms with E-state index in [0.29, 0.717) is 42.3 Å². The number of rotatable bonds is 5. The highest BCUT2D eigenvalue weighted by atomic mass is 35.5. The van der Waals surface area contributed by atoms with E-state index in [9.17, 15) is 26.7 Å². The van der Waals surface area contributed by atoms with Gasteiger partial charge in [0.05, 0.1) is 5.69 Å². The third kappa shape index (κ3) is 7.99. The Kier molecular flexibility index (Phi) is 10.5. The summed E-state index contributed by atoms with van der Waals surface area (Å²) >= 11 is 6.23. The minimum absolute atomic E-state index is 0.0625. The molecule has 2 aromatic carbocycles. The number of likely N-dealkylation sites (tertiary alicyclic amines) is 1. The molecule has 1 aliphatic carbocycles. The van der Waals surface area contributed by atoms with Crippen molar-refractivity contribution in [2.75, 3.05) is 27.2 Å². The monoisotopic (exact) mass is 655 g/mol. The van der Waals surface area contributed by atoms with Gasteiger partial charge < -0.3 is 14.9 Å². The molecule has 3 atom stereocenters. The van der Waals surface area contributed by atoms with Crippen LogP contribution in [0.5, 0.6) is 0 Å². The first-order valence-electron chi connectivity index (χ1n) is 14.5. The molecule has 2 aliphatic rings. The normalized spacial score (nSPS) is 20.7. The molecule has 14 heteroatoms. The molecule has 8 nitrogen and oxygen atoms in total. The SMILES string of the molecule is Cc1nc(C2CCN(C(=O)[C@@H]3C[C@@H](N(C)C)C[C@H]3c3ccc(F)cc3F)CC2)n(-c2ccc(Cl)c(C)c2)n1.O=C(O)C(F)(F)F. The van der Waals surface area contributed by atoms with Gasteiger partial charge >= 0.3 is 12.1 Å². The average Bonchev–Trinajstić information content (AvgIpc) is 3.58. The molecule has 3 aromatic rings. The number of piperidine rings is 1. The first-order chi connectivity index (χ1) is 21.1. The van der Waals surface area contributed by atoms with Crippen LogP contribution in [-0.2, 0) is 9.59 Å². The van der Waals surface area contributed by atoms with Gasteiger partial charge in [0, 0.05) is 42.1 Å². The minimum Gasteiger partial charge on any atom is -0.475 e. The number of aliphatic carboxylic acids is 1. The van der Waals surface area contributed by atoms with Gasteiger partial charge in [-0.1, -0.05) is 17.7 Å².